The molecule has 0 radical (unpaired) electrons. The smallest absolute Gasteiger partial charge is 0.258 e. The van der Waals surface area contributed by atoms with Gasteiger partial charge in [0.1, 0.15) is 0 Å². The van der Waals surface area contributed by atoms with Crippen molar-refractivity contribution >= 4 is 17.3 Å². The highest BCUT2D eigenvalue weighted by molar-refractivity contribution is 5.90. The zero-order valence-corrected chi connectivity index (χ0v) is 16.9. The first-order valence-corrected chi connectivity index (χ1v) is 10.2. The van der Waals surface area contributed by atoms with Gasteiger partial charge in [-0.2, -0.15) is 4.98 Å². The third-order valence-electron chi connectivity index (χ3n) is 5.32. The predicted octanol–water partition coefficient (Wildman–Crippen LogP) is 5.05. The lowest BCUT2D eigenvalue weighted by Gasteiger charge is -2.22. The molecule has 2 aromatic carbocycles. The van der Waals surface area contributed by atoms with Crippen molar-refractivity contribution in [2.24, 2.45) is 0 Å². The number of rotatable bonds is 4. The molecule has 0 aliphatic carbocycles. The average Bonchev–Trinajstić information content (AvgIpc) is 3.05. The van der Waals surface area contributed by atoms with Gasteiger partial charge < -0.3 is 14.7 Å². The van der Waals surface area contributed by atoms with Crippen LogP contribution in [0.25, 0.3) is 22.8 Å². The van der Waals surface area contributed by atoms with E-state index in [1.165, 1.54) is 38.3 Å². The highest BCUT2D eigenvalue weighted by atomic mass is 16.5. The van der Waals surface area contributed by atoms with Gasteiger partial charge in [0, 0.05) is 42.5 Å². The van der Waals surface area contributed by atoms with Crippen LogP contribution in [0.1, 0.15) is 38.2 Å². The van der Waals surface area contributed by atoms with Crippen LogP contribution in [0.15, 0.2) is 47.0 Å². The molecule has 150 valence electrons. The first-order chi connectivity index (χ1) is 14.1. The first kappa shape index (κ1) is 19.2. The zero-order chi connectivity index (χ0) is 20.2. The fourth-order valence-corrected chi connectivity index (χ4v) is 3.69. The molecule has 3 aromatic rings. The Labute approximate surface area is 170 Å². The number of anilines is 2. The highest BCUT2D eigenvalue weighted by Gasteiger charge is 2.14. The van der Waals surface area contributed by atoms with E-state index in [1.54, 1.807) is 0 Å². The molecule has 2 heterocycles. The van der Waals surface area contributed by atoms with Gasteiger partial charge in [-0.1, -0.05) is 24.1 Å². The number of nitrogens with zero attached hydrogens (tertiary/aromatic N) is 3. The van der Waals surface area contributed by atoms with Crippen molar-refractivity contribution < 1.29 is 9.32 Å². The Kier molecular flexibility index (Phi) is 5.60. The molecule has 1 aliphatic heterocycles. The summed E-state index contributed by atoms with van der Waals surface area (Å²) < 4.78 is 5.48. The van der Waals surface area contributed by atoms with Crippen LogP contribution in [0.4, 0.5) is 11.4 Å². The van der Waals surface area contributed by atoms with Crippen molar-refractivity contribution in [1.29, 1.82) is 0 Å². The van der Waals surface area contributed by atoms with E-state index >= 15 is 0 Å². The molecular formula is C23H26N4O2. The lowest BCUT2D eigenvalue weighted by molar-refractivity contribution is -0.114. The second-order valence-corrected chi connectivity index (χ2v) is 7.58. The van der Waals surface area contributed by atoms with Crippen molar-refractivity contribution in [3.8, 4) is 22.8 Å². The second-order valence-electron chi connectivity index (χ2n) is 7.58. The van der Waals surface area contributed by atoms with Crippen LogP contribution in [-0.4, -0.2) is 29.1 Å². The maximum atomic E-state index is 11.4. The Morgan fingerprint density at radius 2 is 1.69 bits per heavy atom. The Bertz CT molecular complexity index is 986. The minimum Gasteiger partial charge on any atom is -0.372 e. The maximum Gasteiger partial charge on any atom is 0.258 e. The summed E-state index contributed by atoms with van der Waals surface area (Å²) in [7, 11) is 0. The highest BCUT2D eigenvalue weighted by Crippen LogP contribution is 2.28. The molecule has 1 amide bonds. The van der Waals surface area contributed by atoms with Gasteiger partial charge in [-0.3, -0.25) is 4.79 Å². The number of nitrogens with one attached hydrogen (secondary N) is 1. The molecule has 1 saturated heterocycles. The summed E-state index contributed by atoms with van der Waals surface area (Å²) in [6, 6.07) is 14.1. The normalized spacial score (nSPS) is 14.5. The molecule has 1 aliphatic rings. The Hall–Kier alpha value is -3.15. The molecule has 0 saturated carbocycles. The molecule has 1 N–H and O–H groups in total. The van der Waals surface area contributed by atoms with Gasteiger partial charge in [0.05, 0.1) is 0 Å². The molecule has 0 atom stereocenters. The summed E-state index contributed by atoms with van der Waals surface area (Å²) in [4.78, 5) is 18.4. The summed E-state index contributed by atoms with van der Waals surface area (Å²) in [5, 5.41) is 6.98. The molecule has 1 fully saturated rings. The number of aromatic nitrogens is 2. The van der Waals surface area contributed by atoms with Gasteiger partial charge >= 0.3 is 0 Å². The fraction of sp³-hybridized carbons (Fsp3) is 0.348. The van der Waals surface area contributed by atoms with E-state index in [0.717, 1.165) is 35.5 Å². The van der Waals surface area contributed by atoms with Gasteiger partial charge in [0.2, 0.25) is 11.7 Å². The summed E-state index contributed by atoms with van der Waals surface area (Å²) >= 11 is 0. The minimum atomic E-state index is -0.110. The van der Waals surface area contributed by atoms with E-state index in [2.05, 4.69) is 32.5 Å². The molecule has 1 aromatic heterocycles. The van der Waals surface area contributed by atoms with Crippen molar-refractivity contribution in [1.82, 2.24) is 10.1 Å². The van der Waals surface area contributed by atoms with Gasteiger partial charge in [-0.25, -0.2) is 0 Å². The Morgan fingerprint density at radius 1 is 1.00 bits per heavy atom. The van der Waals surface area contributed by atoms with Gasteiger partial charge in [0.25, 0.3) is 5.89 Å². The average molecular weight is 390 g/mol. The summed E-state index contributed by atoms with van der Waals surface area (Å²) in [5.41, 5.74) is 4.68. The molecule has 0 bridgehead atoms. The fourth-order valence-electron chi connectivity index (χ4n) is 3.69. The van der Waals surface area contributed by atoms with E-state index in [4.69, 9.17) is 4.52 Å². The maximum absolute atomic E-state index is 11.4. The first-order valence-electron chi connectivity index (χ1n) is 10.2. The van der Waals surface area contributed by atoms with Crippen LogP contribution in [0.5, 0.6) is 0 Å². The van der Waals surface area contributed by atoms with Crippen LogP contribution >= 0.6 is 0 Å². The van der Waals surface area contributed by atoms with E-state index in [1.807, 2.05) is 37.3 Å². The molecule has 0 spiro atoms. The standard InChI is InChI=1S/C23H26N4O2/c1-16-7-8-19(15-21(16)24-17(2)28)23-25-22(26-29-23)18-9-11-20(12-10-18)27-13-5-3-4-6-14-27/h7-12,15H,3-6,13-14H2,1-2H3,(H,24,28). The summed E-state index contributed by atoms with van der Waals surface area (Å²) in [5.74, 6) is 0.883. The summed E-state index contributed by atoms with van der Waals surface area (Å²) in [6.45, 7) is 5.68. The number of carbonyl (C=O) groups is 1. The van der Waals surface area contributed by atoms with Crippen molar-refractivity contribution in [3.05, 3.63) is 48.0 Å². The number of aryl methyl sites for hydroxylation is 1. The molecule has 6 nitrogen and oxygen atoms in total. The van der Waals surface area contributed by atoms with Crippen LogP contribution in [0, 0.1) is 6.92 Å². The van der Waals surface area contributed by atoms with Gasteiger partial charge in [-0.05, 0) is 61.7 Å². The molecule has 0 unspecified atom stereocenters. The molecule has 29 heavy (non-hydrogen) atoms. The molecule has 4 rings (SSSR count). The van der Waals surface area contributed by atoms with Crippen LogP contribution < -0.4 is 10.2 Å². The van der Waals surface area contributed by atoms with Crippen LogP contribution in [0.2, 0.25) is 0 Å². The van der Waals surface area contributed by atoms with Crippen molar-refractivity contribution in [3.63, 3.8) is 0 Å². The van der Waals surface area contributed by atoms with Crippen molar-refractivity contribution in [2.75, 3.05) is 23.3 Å². The molecule has 6 heteroatoms. The number of amides is 1. The SMILES string of the molecule is CC(=O)Nc1cc(-c2nc(-c3ccc(N4CCCCCC4)cc3)no2)ccc1C. The Morgan fingerprint density at radius 3 is 2.38 bits per heavy atom. The van der Waals surface area contributed by atoms with E-state index < -0.39 is 0 Å². The van der Waals surface area contributed by atoms with E-state index in [0.29, 0.717) is 11.7 Å². The number of benzene rings is 2. The third-order valence-corrected chi connectivity index (χ3v) is 5.32. The molecular weight excluding hydrogens is 364 g/mol. The van der Waals surface area contributed by atoms with Gasteiger partial charge in [-0.15, -0.1) is 0 Å². The van der Waals surface area contributed by atoms with E-state index in [9.17, 15) is 4.79 Å². The van der Waals surface area contributed by atoms with Gasteiger partial charge in [0.15, 0.2) is 0 Å². The third kappa shape index (κ3) is 4.47. The monoisotopic (exact) mass is 390 g/mol. The van der Waals surface area contributed by atoms with Crippen LogP contribution in [0.3, 0.4) is 0 Å². The minimum absolute atomic E-state index is 0.110. The lowest BCUT2D eigenvalue weighted by atomic mass is 10.1. The number of carbonyl (C=O) groups excluding carboxylic acids is 1. The Balaban J connectivity index is 1.54. The van der Waals surface area contributed by atoms with E-state index in [-0.39, 0.29) is 5.91 Å². The second kappa shape index (κ2) is 8.47. The van der Waals surface area contributed by atoms with Crippen molar-refractivity contribution in [2.45, 2.75) is 39.5 Å². The quantitative estimate of drug-likeness (QED) is 0.675. The van der Waals surface area contributed by atoms with Crippen LogP contribution in [-0.2, 0) is 4.79 Å². The predicted molar refractivity (Wildman–Crippen MR) is 115 cm³/mol. The summed E-state index contributed by atoms with van der Waals surface area (Å²) in [6.07, 6.45) is 5.16. The number of hydrogen-bond acceptors (Lipinski definition) is 5. The lowest BCUT2D eigenvalue weighted by Crippen LogP contribution is -2.23. The largest absolute Gasteiger partial charge is 0.372 e. The zero-order valence-electron chi connectivity index (χ0n) is 16.9. The topological polar surface area (TPSA) is 71.3 Å². The number of hydrogen-bond donors (Lipinski definition) is 1.